The molecule has 0 aromatic heterocycles. The van der Waals surface area contributed by atoms with E-state index >= 15 is 0 Å². The van der Waals surface area contributed by atoms with E-state index in [1.165, 1.54) is 50.5 Å². The van der Waals surface area contributed by atoms with Crippen LogP contribution in [0.4, 0.5) is 4.39 Å². The number of hydrogen-bond donors (Lipinski definition) is 0. The summed E-state index contributed by atoms with van der Waals surface area (Å²) in [5.41, 5.74) is 0.800. The molecule has 32 heavy (non-hydrogen) atoms. The van der Waals surface area contributed by atoms with Gasteiger partial charge in [-0.2, -0.15) is 0 Å². The molecule has 7 nitrogen and oxygen atoms in total. The van der Waals surface area contributed by atoms with Crippen LogP contribution in [-0.2, 0) is 14.6 Å². The first-order valence-electron chi connectivity index (χ1n) is 10.0. The number of sulfone groups is 1. The number of carbonyl (C=O) groups is 1. The number of methoxy groups -OCH3 is 3. The van der Waals surface area contributed by atoms with E-state index in [1.807, 2.05) is 0 Å². The molecule has 0 saturated carbocycles. The van der Waals surface area contributed by atoms with Gasteiger partial charge in [-0.25, -0.2) is 12.8 Å². The molecule has 1 amide bonds. The van der Waals surface area contributed by atoms with Crippen LogP contribution in [0.2, 0.25) is 0 Å². The number of nitrogens with zero attached hydrogens (tertiary/aromatic N) is 1. The van der Waals surface area contributed by atoms with E-state index in [1.54, 1.807) is 24.3 Å². The van der Waals surface area contributed by atoms with Gasteiger partial charge in [0.1, 0.15) is 5.82 Å². The Labute approximate surface area is 187 Å². The van der Waals surface area contributed by atoms with Gasteiger partial charge in [-0.05, 0) is 36.3 Å². The Morgan fingerprint density at radius 3 is 2.31 bits per heavy atom. The van der Waals surface area contributed by atoms with Crippen molar-refractivity contribution in [1.82, 2.24) is 4.90 Å². The zero-order chi connectivity index (χ0) is 23.3. The van der Waals surface area contributed by atoms with E-state index < -0.39 is 20.9 Å². The molecule has 1 atom stereocenters. The van der Waals surface area contributed by atoms with Crippen LogP contribution < -0.4 is 14.2 Å². The average molecular weight is 464 g/mol. The summed E-state index contributed by atoms with van der Waals surface area (Å²) in [7, 11) is 0.901. The Morgan fingerprint density at radius 2 is 1.72 bits per heavy atom. The molecule has 0 aliphatic carbocycles. The summed E-state index contributed by atoms with van der Waals surface area (Å²) in [5.74, 6) is 0.234. The number of benzene rings is 2. The van der Waals surface area contributed by atoms with E-state index in [4.69, 9.17) is 14.2 Å². The third-order valence-corrected chi connectivity index (χ3v) is 7.52. The number of rotatable bonds is 6. The van der Waals surface area contributed by atoms with Gasteiger partial charge in [0.2, 0.25) is 11.7 Å². The Hall–Kier alpha value is -3.07. The maximum atomic E-state index is 14.2. The number of ether oxygens (including phenoxy) is 3. The fourth-order valence-corrected chi connectivity index (χ4v) is 5.52. The van der Waals surface area contributed by atoms with Crippen molar-refractivity contribution in [3.8, 4) is 17.2 Å². The summed E-state index contributed by atoms with van der Waals surface area (Å²) < 4.78 is 55.6. The second-order valence-corrected chi connectivity index (χ2v) is 9.59. The molecule has 172 valence electrons. The zero-order valence-electron chi connectivity index (χ0n) is 18.2. The summed E-state index contributed by atoms with van der Waals surface area (Å²) >= 11 is 0. The molecule has 0 N–H and O–H groups in total. The first kappa shape index (κ1) is 23.6. The van der Waals surface area contributed by atoms with Crippen LogP contribution in [0.25, 0.3) is 6.08 Å². The van der Waals surface area contributed by atoms with Crippen LogP contribution in [0, 0.1) is 5.82 Å². The van der Waals surface area contributed by atoms with Crippen LogP contribution in [0.15, 0.2) is 42.5 Å². The largest absolute Gasteiger partial charge is 0.493 e. The third kappa shape index (κ3) is 5.04. The number of amides is 1. The van der Waals surface area contributed by atoms with E-state index in [0.717, 1.165) is 0 Å². The van der Waals surface area contributed by atoms with Gasteiger partial charge in [0.25, 0.3) is 0 Å². The molecular formula is C23H26FNO6S. The third-order valence-electron chi connectivity index (χ3n) is 5.41. The van der Waals surface area contributed by atoms with Crippen molar-refractivity contribution in [1.29, 1.82) is 0 Å². The Morgan fingerprint density at radius 1 is 1.06 bits per heavy atom. The van der Waals surface area contributed by atoms with Gasteiger partial charge in [-0.3, -0.25) is 4.79 Å². The van der Waals surface area contributed by atoms with E-state index in [9.17, 15) is 17.6 Å². The quantitative estimate of drug-likeness (QED) is 0.612. The standard InChI is InChI=1S/C23H26FNO6S/c1-29-19-14-16(15-20(30-2)23(19)31-3)8-9-22(26)25-11-10-21(32(27,28)13-12-25)17-6-4-5-7-18(17)24/h4-9,14-15,21H,10-13H2,1-3H3/b9-8+. The van der Waals surface area contributed by atoms with Crippen LogP contribution >= 0.6 is 0 Å². The molecule has 0 bridgehead atoms. The Balaban J connectivity index is 1.78. The van der Waals surface area contributed by atoms with Crippen LogP contribution in [-0.4, -0.2) is 59.4 Å². The minimum atomic E-state index is -3.60. The average Bonchev–Trinajstić information content (AvgIpc) is 2.94. The Kier molecular flexibility index (Phi) is 7.40. The fraction of sp³-hybridized carbons (Fsp3) is 0.348. The molecule has 1 aliphatic heterocycles. The van der Waals surface area contributed by atoms with Crippen molar-refractivity contribution in [2.75, 3.05) is 40.2 Å². The SMILES string of the molecule is COc1cc(/C=C/C(=O)N2CCC(c3ccccc3F)S(=O)(=O)CC2)cc(OC)c1OC. The second-order valence-electron chi connectivity index (χ2n) is 7.28. The molecule has 1 fully saturated rings. The highest BCUT2D eigenvalue weighted by Crippen LogP contribution is 2.38. The predicted molar refractivity (Wildman–Crippen MR) is 119 cm³/mol. The summed E-state index contributed by atoms with van der Waals surface area (Å²) in [6.45, 7) is 0.252. The van der Waals surface area contributed by atoms with Gasteiger partial charge in [-0.15, -0.1) is 0 Å². The molecule has 2 aromatic rings. The first-order valence-corrected chi connectivity index (χ1v) is 11.7. The number of halogens is 1. The number of hydrogen-bond acceptors (Lipinski definition) is 6. The fourth-order valence-electron chi connectivity index (χ4n) is 3.72. The van der Waals surface area contributed by atoms with Gasteiger partial charge in [0, 0.05) is 24.7 Å². The molecule has 1 aliphatic rings. The van der Waals surface area contributed by atoms with Gasteiger partial charge >= 0.3 is 0 Å². The van der Waals surface area contributed by atoms with E-state index in [-0.39, 0.29) is 36.7 Å². The lowest BCUT2D eigenvalue weighted by Gasteiger charge is -2.18. The predicted octanol–water partition coefficient (Wildman–Crippen LogP) is 3.25. The lowest BCUT2D eigenvalue weighted by Crippen LogP contribution is -2.32. The van der Waals surface area contributed by atoms with E-state index in [0.29, 0.717) is 22.8 Å². The van der Waals surface area contributed by atoms with Gasteiger partial charge in [0.15, 0.2) is 21.3 Å². The molecule has 1 heterocycles. The molecule has 1 unspecified atom stereocenters. The van der Waals surface area contributed by atoms with Crippen molar-refractivity contribution in [3.63, 3.8) is 0 Å². The lowest BCUT2D eigenvalue weighted by atomic mass is 10.1. The van der Waals surface area contributed by atoms with Crippen molar-refractivity contribution in [3.05, 3.63) is 59.4 Å². The van der Waals surface area contributed by atoms with Crippen molar-refractivity contribution < 1.29 is 31.8 Å². The minimum absolute atomic E-state index is 0.0473. The topological polar surface area (TPSA) is 82.1 Å². The highest BCUT2D eigenvalue weighted by molar-refractivity contribution is 7.91. The smallest absolute Gasteiger partial charge is 0.246 e. The highest BCUT2D eigenvalue weighted by atomic mass is 32.2. The van der Waals surface area contributed by atoms with E-state index in [2.05, 4.69) is 0 Å². The van der Waals surface area contributed by atoms with Crippen molar-refractivity contribution >= 4 is 21.8 Å². The maximum absolute atomic E-state index is 14.2. The summed E-state index contributed by atoms with van der Waals surface area (Å²) in [6, 6.07) is 9.27. The molecular weight excluding hydrogens is 437 g/mol. The first-order chi connectivity index (χ1) is 15.3. The van der Waals surface area contributed by atoms with Gasteiger partial charge < -0.3 is 19.1 Å². The van der Waals surface area contributed by atoms with Crippen molar-refractivity contribution in [2.45, 2.75) is 11.7 Å². The summed E-state index contributed by atoms with van der Waals surface area (Å²) in [4.78, 5) is 14.2. The Bertz CT molecular complexity index is 1090. The molecule has 2 aromatic carbocycles. The molecule has 9 heteroatoms. The van der Waals surface area contributed by atoms with Crippen LogP contribution in [0.1, 0.15) is 22.8 Å². The van der Waals surface area contributed by atoms with Crippen LogP contribution in [0.3, 0.4) is 0 Å². The highest BCUT2D eigenvalue weighted by Gasteiger charge is 2.33. The summed E-state index contributed by atoms with van der Waals surface area (Å²) in [5, 5.41) is -0.972. The molecule has 0 spiro atoms. The monoisotopic (exact) mass is 463 g/mol. The van der Waals surface area contributed by atoms with Gasteiger partial charge in [0.05, 0.1) is 32.3 Å². The van der Waals surface area contributed by atoms with Crippen molar-refractivity contribution in [2.24, 2.45) is 0 Å². The molecule has 3 rings (SSSR count). The summed E-state index contributed by atoms with van der Waals surface area (Å²) in [6.07, 6.45) is 3.10. The van der Waals surface area contributed by atoms with Crippen LogP contribution in [0.5, 0.6) is 17.2 Å². The number of carbonyl (C=O) groups excluding carboxylic acids is 1. The second kappa shape index (κ2) is 10.0. The molecule has 1 saturated heterocycles. The zero-order valence-corrected chi connectivity index (χ0v) is 19.0. The lowest BCUT2D eigenvalue weighted by molar-refractivity contribution is -0.125. The molecule has 0 radical (unpaired) electrons. The normalized spacial score (nSPS) is 18.2. The maximum Gasteiger partial charge on any atom is 0.246 e. The minimum Gasteiger partial charge on any atom is -0.493 e. The van der Waals surface area contributed by atoms with Gasteiger partial charge in [-0.1, -0.05) is 18.2 Å².